The van der Waals surface area contributed by atoms with Crippen LogP contribution >= 0.6 is 0 Å². The predicted molar refractivity (Wildman–Crippen MR) is 233 cm³/mol. The SMILES string of the molecule is c1ccc(-c2nc(-c3ccc(-c4ccc5c(c4)oc4ccc6c(c45)-c4ccccc4NC6c4ccccc4)cc3)nc(-c3ccc4c(c3)oc3ccccc34)n2)cc1. The van der Waals surface area contributed by atoms with Crippen LogP contribution in [0.1, 0.15) is 17.2 Å². The van der Waals surface area contributed by atoms with E-state index in [4.69, 9.17) is 23.8 Å². The minimum Gasteiger partial charge on any atom is -0.456 e. The number of fused-ring (bicyclic) bond motifs is 10. The summed E-state index contributed by atoms with van der Waals surface area (Å²) in [5.74, 6) is 1.79. The second-order valence-corrected chi connectivity index (χ2v) is 14.8. The molecule has 3 aromatic heterocycles. The minimum absolute atomic E-state index is 0.0303. The predicted octanol–water partition coefficient (Wildman–Crippen LogP) is 13.5. The molecular weight excluding hydrogens is 713 g/mol. The molecule has 0 radical (unpaired) electrons. The van der Waals surface area contributed by atoms with Gasteiger partial charge in [0.1, 0.15) is 22.3 Å². The van der Waals surface area contributed by atoms with E-state index in [-0.39, 0.29) is 6.04 Å². The topological polar surface area (TPSA) is 77.0 Å². The lowest BCUT2D eigenvalue weighted by Crippen LogP contribution is -2.18. The lowest BCUT2D eigenvalue weighted by atomic mass is 9.84. The average Bonchev–Trinajstić information content (AvgIpc) is 3.87. The van der Waals surface area contributed by atoms with E-state index in [1.54, 1.807) is 0 Å². The molecule has 0 amide bonds. The monoisotopic (exact) mass is 744 g/mol. The average molecular weight is 745 g/mol. The molecule has 12 rings (SSSR count). The molecule has 1 unspecified atom stereocenters. The molecule has 1 aliphatic heterocycles. The van der Waals surface area contributed by atoms with Crippen molar-refractivity contribution in [3.8, 4) is 56.4 Å². The third kappa shape index (κ3) is 5.23. The van der Waals surface area contributed by atoms with E-state index in [0.717, 1.165) is 77.4 Å². The van der Waals surface area contributed by atoms with E-state index >= 15 is 0 Å². The van der Waals surface area contributed by atoms with Crippen LogP contribution < -0.4 is 5.32 Å². The smallest absolute Gasteiger partial charge is 0.164 e. The van der Waals surface area contributed by atoms with Crippen molar-refractivity contribution in [1.29, 1.82) is 0 Å². The van der Waals surface area contributed by atoms with Gasteiger partial charge in [-0.05, 0) is 64.7 Å². The highest BCUT2D eigenvalue weighted by molar-refractivity contribution is 6.15. The van der Waals surface area contributed by atoms with Gasteiger partial charge in [0, 0.05) is 55.0 Å². The Morgan fingerprint density at radius 2 is 0.966 bits per heavy atom. The number of rotatable bonds is 5. The van der Waals surface area contributed by atoms with Crippen LogP contribution in [0.25, 0.3) is 100 Å². The number of anilines is 1. The van der Waals surface area contributed by atoms with Crippen molar-refractivity contribution >= 4 is 49.6 Å². The van der Waals surface area contributed by atoms with Crippen molar-refractivity contribution in [2.24, 2.45) is 0 Å². The van der Waals surface area contributed by atoms with Gasteiger partial charge in [-0.15, -0.1) is 0 Å². The summed E-state index contributed by atoms with van der Waals surface area (Å²) in [5.41, 5.74) is 14.2. The summed E-state index contributed by atoms with van der Waals surface area (Å²) < 4.78 is 12.9. The zero-order valence-corrected chi connectivity index (χ0v) is 31.1. The quantitative estimate of drug-likeness (QED) is 0.189. The molecule has 11 aromatic rings. The number of aromatic nitrogens is 3. The van der Waals surface area contributed by atoms with Crippen LogP contribution in [0.2, 0.25) is 0 Å². The Balaban J connectivity index is 0.931. The van der Waals surface area contributed by atoms with E-state index in [2.05, 4.69) is 133 Å². The van der Waals surface area contributed by atoms with Crippen molar-refractivity contribution in [3.63, 3.8) is 0 Å². The molecule has 0 saturated heterocycles. The molecule has 1 atom stereocenters. The molecule has 58 heavy (non-hydrogen) atoms. The third-order valence-corrected chi connectivity index (χ3v) is 11.4. The van der Waals surface area contributed by atoms with Gasteiger partial charge >= 0.3 is 0 Å². The van der Waals surface area contributed by atoms with Gasteiger partial charge < -0.3 is 14.2 Å². The molecule has 0 bridgehead atoms. The summed E-state index contributed by atoms with van der Waals surface area (Å²) in [6.45, 7) is 0. The number of para-hydroxylation sites is 2. The van der Waals surface area contributed by atoms with Crippen LogP contribution in [0.4, 0.5) is 5.69 Å². The number of nitrogens with zero attached hydrogens (tertiary/aromatic N) is 3. The van der Waals surface area contributed by atoms with Gasteiger partial charge in [0.05, 0.1) is 6.04 Å². The van der Waals surface area contributed by atoms with Gasteiger partial charge in [-0.2, -0.15) is 0 Å². The highest BCUT2D eigenvalue weighted by atomic mass is 16.3. The largest absolute Gasteiger partial charge is 0.456 e. The van der Waals surface area contributed by atoms with Gasteiger partial charge in [-0.1, -0.05) is 140 Å². The molecule has 4 heterocycles. The second-order valence-electron chi connectivity index (χ2n) is 14.8. The molecule has 1 aliphatic rings. The highest BCUT2D eigenvalue weighted by Crippen LogP contribution is 2.49. The molecule has 0 fully saturated rings. The maximum absolute atomic E-state index is 6.63. The fourth-order valence-corrected chi connectivity index (χ4v) is 8.59. The van der Waals surface area contributed by atoms with Crippen LogP contribution in [0.5, 0.6) is 0 Å². The Kier molecular flexibility index (Phi) is 7.19. The summed E-state index contributed by atoms with van der Waals surface area (Å²) in [4.78, 5) is 14.9. The zero-order valence-electron chi connectivity index (χ0n) is 31.1. The fourth-order valence-electron chi connectivity index (χ4n) is 8.59. The maximum Gasteiger partial charge on any atom is 0.164 e. The van der Waals surface area contributed by atoms with Crippen LogP contribution in [-0.4, -0.2) is 15.0 Å². The summed E-state index contributed by atoms with van der Waals surface area (Å²) >= 11 is 0. The van der Waals surface area contributed by atoms with E-state index in [0.29, 0.717) is 17.5 Å². The first-order valence-corrected chi connectivity index (χ1v) is 19.5. The van der Waals surface area contributed by atoms with E-state index in [1.165, 1.54) is 22.3 Å². The number of benzene rings is 8. The molecule has 6 heteroatoms. The first-order valence-electron chi connectivity index (χ1n) is 19.5. The Morgan fingerprint density at radius 3 is 1.79 bits per heavy atom. The summed E-state index contributed by atoms with van der Waals surface area (Å²) in [6, 6.07) is 62.8. The van der Waals surface area contributed by atoms with Gasteiger partial charge in [-0.25, -0.2) is 15.0 Å². The Bertz CT molecular complexity index is 3370. The lowest BCUT2D eigenvalue weighted by molar-refractivity contribution is 0.668. The zero-order chi connectivity index (χ0) is 38.2. The Labute approximate surface area is 333 Å². The van der Waals surface area contributed by atoms with Gasteiger partial charge in [-0.3, -0.25) is 0 Å². The number of hydrogen-bond donors (Lipinski definition) is 1. The Hall–Kier alpha value is -7.83. The lowest BCUT2D eigenvalue weighted by Gasteiger charge is -2.30. The highest BCUT2D eigenvalue weighted by Gasteiger charge is 2.28. The molecule has 8 aromatic carbocycles. The maximum atomic E-state index is 6.63. The van der Waals surface area contributed by atoms with Crippen molar-refractivity contribution in [2.75, 3.05) is 5.32 Å². The van der Waals surface area contributed by atoms with Crippen LogP contribution in [0, 0.1) is 0 Å². The number of furan rings is 2. The third-order valence-electron chi connectivity index (χ3n) is 11.4. The summed E-state index contributed by atoms with van der Waals surface area (Å²) in [5, 5.41) is 8.20. The van der Waals surface area contributed by atoms with Crippen LogP contribution in [-0.2, 0) is 0 Å². The van der Waals surface area contributed by atoms with Gasteiger partial charge in [0.15, 0.2) is 17.5 Å². The number of nitrogens with one attached hydrogen (secondary N) is 1. The van der Waals surface area contributed by atoms with Crippen molar-refractivity contribution in [1.82, 2.24) is 15.0 Å². The molecule has 6 nitrogen and oxygen atoms in total. The first kappa shape index (κ1) is 32.4. The molecule has 1 N–H and O–H groups in total. The molecule has 0 saturated carbocycles. The summed E-state index contributed by atoms with van der Waals surface area (Å²) in [6.07, 6.45) is 0. The molecule has 0 spiro atoms. The fraction of sp³-hybridized carbons (Fsp3) is 0.0192. The standard InChI is InChI=1S/C52H32N4O2/c1-3-11-32(12-4-1)49-41-27-28-44-48(47(41)39-16-7-9-17-42(39)53-49)40-26-23-35(29-46(40)58-44)31-19-21-34(22-20-31)51-54-50(33-13-5-2-6-14-33)55-52(56-51)36-24-25-38-37-15-8-10-18-43(37)57-45(38)30-36/h1-30,49,53H. The van der Waals surface area contributed by atoms with E-state index < -0.39 is 0 Å². The van der Waals surface area contributed by atoms with E-state index in [9.17, 15) is 0 Å². The molecular formula is C52H32N4O2. The first-order chi connectivity index (χ1) is 28.7. The minimum atomic E-state index is 0.0303. The number of hydrogen-bond acceptors (Lipinski definition) is 6. The Morgan fingerprint density at radius 1 is 0.397 bits per heavy atom. The van der Waals surface area contributed by atoms with Crippen molar-refractivity contribution < 1.29 is 8.83 Å². The normalized spacial score (nSPS) is 13.5. The summed E-state index contributed by atoms with van der Waals surface area (Å²) in [7, 11) is 0. The second kappa shape index (κ2) is 12.9. The molecule has 272 valence electrons. The van der Waals surface area contributed by atoms with Gasteiger partial charge in [0.2, 0.25) is 0 Å². The van der Waals surface area contributed by atoms with Crippen LogP contribution in [0.3, 0.4) is 0 Å². The van der Waals surface area contributed by atoms with Crippen molar-refractivity contribution in [2.45, 2.75) is 6.04 Å². The molecule has 0 aliphatic carbocycles. The van der Waals surface area contributed by atoms with E-state index in [1.807, 2.05) is 54.6 Å². The van der Waals surface area contributed by atoms with Gasteiger partial charge in [0.25, 0.3) is 0 Å². The van der Waals surface area contributed by atoms with Crippen LogP contribution in [0.15, 0.2) is 191 Å². The van der Waals surface area contributed by atoms with Crippen molar-refractivity contribution in [3.05, 3.63) is 193 Å².